The molecule has 0 heterocycles. The minimum atomic E-state index is 0. The van der Waals surface area contributed by atoms with Crippen molar-refractivity contribution in [3.8, 4) is 0 Å². The first-order chi connectivity index (χ1) is 0. The Hall–Kier alpha value is 3.29. The van der Waals surface area contributed by atoms with E-state index >= 15 is 0 Å². The Morgan fingerprint density at radius 1 is 1.00 bits per heavy atom. The molecule has 5 heavy (non-hydrogen) atoms. The van der Waals surface area contributed by atoms with Crippen LogP contribution in [0.15, 0.2) is 0 Å². The summed E-state index contributed by atoms with van der Waals surface area (Å²) in [6, 6.07) is 0. The Kier molecular flexibility index (Phi) is 217. The molecule has 0 nitrogen and oxygen atoms in total. The zero-order valence-corrected chi connectivity index (χ0v) is 12.0. The second kappa shape index (κ2) is 26.7. The third kappa shape index (κ3) is 18.9. The molecule has 0 aliphatic rings. The van der Waals surface area contributed by atoms with E-state index in [1.165, 1.54) is 0 Å². The van der Waals surface area contributed by atoms with Crippen molar-refractivity contribution >= 4 is 59.2 Å². The van der Waals surface area contributed by atoms with Crippen LogP contribution < -0.4 is 0 Å². The fourth-order valence-corrected chi connectivity index (χ4v) is 0. The summed E-state index contributed by atoms with van der Waals surface area (Å²) in [6.45, 7) is 0. The molecule has 0 amide bonds. The van der Waals surface area contributed by atoms with Crippen LogP contribution in [0.25, 0.3) is 0 Å². The maximum atomic E-state index is 0. The number of rotatable bonds is 0. The molecule has 0 N–H and O–H groups in total. The summed E-state index contributed by atoms with van der Waals surface area (Å²) in [5.41, 5.74) is 0. The Morgan fingerprint density at radius 3 is 1.00 bits per heavy atom. The van der Waals surface area contributed by atoms with Crippen molar-refractivity contribution < 1.29 is 38.1 Å². The van der Waals surface area contributed by atoms with Crippen LogP contribution in [-0.2, 0) is 38.1 Å². The molecule has 0 aromatic carbocycles. The molecular weight excluding hydrogens is 416 g/mol. The molecule has 0 fully saturated rings. The van der Waals surface area contributed by atoms with Crippen molar-refractivity contribution in [2.45, 2.75) is 0 Å². The molecule has 0 aliphatic heterocycles. The van der Waals surface area contributed by atoms with E-state index in [2.05, 4.69) is 0 Å². The first kappa shape index (κ1) is 40.7. The second-order valence-corrected chi connectivity index (χ2v) is 0. The van der Waals surface area contributed by atoms with Crippen LogP contribution in [0.1, 0.15) is 0 Å². The van der Waals surface area contributed by atoms with Gasteiger partial charge in [-0.15, -0.1) is 0 Å². The number of hydrogen-bond acceptors (Lipinski definition) is 0. The quantitative estimate of drug-likeness (QED) is 0.360. The van der Waals surface area contributed by atoms with Gasteiger partial charge in [-0.05, 0) is 0 Å². The molecule has 0 saturated heterocycles. The summed E-state index contributed by atoms with van der Waals surface area (Å²) >= 11 is 0. The Balaban J connectivity index is 0. The maximum Gasteiger partial charge on any atom is 0 e. The predicted octanol–water partition coefficient (Wildman–Crippen LogP) is -0.709. The van der Waals surface area contributed by atoms with Gasteiger partial charge in [0.25, 0.3) is 0 Å². The van der Waals surface area contributed by atoms with Crippen LogP contribution >= 0.6 is 9.90 Å². The van der Waals surface area contributed by atoms with Crippen molar-refractivity contribution in [1.82, 2.24) is 0 Å². The minimum Gasteiger partial charge on any atom is -0.153 e. The Bertz CT molecular complexity index is 11.6. The minimum absolute atomic E-state index is 0. The SMILES string of the molecule is P.[Bi].[Fe].[Mg].[Mo]. The topological polar surface area (TPSA) is 0 Å². The summed E-state index contributed by atoms with van der Waals surface area (Å²) in [7, 11) is 0. The smallest absolute Gasteiger partial charge is 0 e. The van der Waals surface area contributed by atoms with Crippen molar-refractivity contribution in [1.29, 1.82) is 0 Å². The van der Waals surface area contributed by atoms with Crippen molar-refractivity contribution in [2.75, 3.05) is 0 Å². The molecule has 0 aromatic heterocycles. The van der Waals surface area contributed by atoms with Gasteiger partial charge in [-0.1, -0.05) is 0 Å². The van der Waals surface area contributed by atoms with Gasteiger partial charge in [0.2, 0.25) is 0 Å². The van der Waals surface area contributed by atoms with Crippen LogP contribution in [0.3, 0.4) is 0 Å². The van der Waals surface area contributed by atoms with E-state index in [9.17, 15) is 0 Å². The average Bonchev–Trinajstić information content (AvgIpc) is 0. The van der Waals surface area contributed by atoms with E-state index in [0.717, 1.165) is 0 Å². The molecule has 0 spiro atoms. The van der Waals surface area contributed by atoms with Crippen LogP contribution in [-0.4, -0.2) is 49.3 Å². The van der Waals surface area contributed by atoms with Crippen LogP contribution in [0.4, 0.5) is 0 Å². The van der Waals surface area contributed by atoms with Gasteiger partial charge < -0.3 is 0 Å². The normalized spacial score (nSPS) is 0. The predicted molar refractivity (Wildman–Crippen MR) is 22.6 cm³/mol. The van der Waals surface area contributed by atoms with E-state index in [1.807, 2.05) is 0 Å². The van der Waals surface area contributed by atoms with Gasteiger partial charge in [0.05, 0.1) is 0 Å². The summed E-state index contributed by atoms with van der Waals surface area (Å²) < 4.78 is 0. The van der Waals surface area contributed by atoms with Crippen LogP contribution in [0.5, 0.6) is 0 Å². The summed E-state index contributed by atoms with van der Waals surface area (Å²) in [6.07, 6.45) is 0. The van der Waals surface area contributed by atoms with E-state index in [1.54, 1.807) is 0 Å². The van der Waals surface area contributed by atoms with Crippen LogP contribution in [0, 0.1) is 0 Å². The fraction of sp³-hybridized carbons (Fsp3) is 0. The summed E-state index contributed by atoms with van der Waals surface area (Å²) in [5.74, 6) is 0. The van der Waals surface area contributed by atoms with E-state index < -0.39 is 0 Å². The molecule has 0 saturated carbocycles. The van der Waals surface area contributed by atoms with Crippen LogP contribution in [0.2, 0.25) is 0 Å². The third-order valence-corrected chi connectivity index (χ3v) is 0. The molecule has 1 atom stereocenters. The first-order valence-corrected chi connectivity index (χ1v) is 0. The Morgan fingerprint density at radius 2 is 1.00 bits per heavy atom. The van der Waals surface area contributed by atoms with Gasteiger partial charge in [-0.2, -0.15) is 9.90 Å². The van der Waals surface area contributed by atoms with E-state index in [4.69, 9.17) is 0 Å². The molecular formula is H3BiFeMgMoP. The van der Waals surface area contributed by atoms with Crippen molar-refractivity contribution in [2.24, 2.45) is 0 Å². The van der Waals surface area contributed by atoms with E-state index in [-0.39, 0.29) is 97.3 Å². The molecule has 0 bridgehead atoms. The molecule has 0 aliphatic carbocycles. The zero-order chi connectivity index (χ0) is 0. The van der Waals surface area contributed by atoms with Gasteiger partial charge >= 0.3 is 0 Å². The summed E-state index contributed by atoms with van der Waals surface area (Å²) in [5, 5.41) is 0. The second-order valence-electron chi connectivity index (χ2n) is 0. The van der Waals surface area contributed by atoms with Crippen molar-refractivity contribution in [3.05, 3.63) is 0 Å². The number of hydrogen-bond donors (Lipinski definition) is 0. The van der Waals surface area contributed by atoms with E-state index in [0.29, 0.717) is 0 Å². The van der Waals surface area contributed by atoms with Gasteiger partial charge in [-0.3, -0.25) is 0 Å². The Labute approximate surface area is 95.6 Å². The molecule has 5 radical (unpaired) electrons. The molecule has 1 unspecified atom stereocenters. The molecule has 0 rings (SSSR count). The first-order valence-electron chi connectivity index (χ1n) is 0. The van der Waals surface area contributed by atoms with Gasteiger partial charge in [0.1, 0.15) is 0 Å². The average molecular weight is 419 g/mol. The third-order valence-electron chi connectivity index (χ3n) is 0. The van der Waals surface area contributed by atoms with Crippen molar-refractivity contribution in [3.63, 3.8) is 0 Å². The molecule has 5 heteroatoms. The van der Waals surface area contributed by atoms with Gasteiger partial charge in [-0.25, -0.2) is 0 Å². The monoisotopic (exact) mass is 421 g/mol. The van der Waals surface area contributed by atoms with Gasteiger partial charge in [0.15, 0.2) is 0 Å². The summed E-state index contributed by atoms with van der Waals surface area (Å²) in [4.78, 5) is 0. The fourth-order valence-electron chi connectivity index (χ4n) is 0. The maximum absolute atomic E-state index is 0. The standard InChI is InChI=1S/Bi.Fe.Mg.Mo.H3P/h;;;;1H3. The zero-order valence-electron chi connectivity index (χ0n) is 2.62. The largest absolute Gasteiger partial charge is 0.153 e. The molecule has 29 valence electrons. The van der Waals surface area contributed by atoms with Gasteiger partial charge in [0, 0.05) is 87.4 Å². The molecule has 0 aromatic rings.